The maximum absolute atomic E-state index is 11.8. The van der Waals surface area contributed by atoms with Crippen LogP contribution in [0.5, 0.6) is 0 Å². The summed E-state index contributed by atoms with van der Waals surface area (Å²) in [6.45, 7) is 2.38. The Morgan fingerprint density at radius 3 is 2.17 bits per heavy atom. The highest BCUT2D eigenvalue weighted by Crippen LogP contribution is 2.66. The van der Waals surface area contributed by atoms with Crippen molar-refractivity contribution in [2.45, 2.75) is 24.5 Å². The van der Waals surface area contributed by atoms with Crippen LogP contribution in [-0.4, -0.2) is 115 Å². The number of nitrogen functional groups attached to an aromatic ring is 1. The molecule has 0 aliphatic carbocycles. The molecule has 0 saturated carbocycles. The van der Waals surface area contributed by atoms with Crippen molar-refractivity contribution in [2.24, 2.45) is 0 Å². The lowest BCUT2D eigenvalue weighted by atomic mass is 10.1. The summed E-state index contributed by atoms with van der Waals surface area (Å²) >= 11 is 0. The molecule has 0 spiro atoms. The second kappa shape index (κ2) is 15.1. The zero-order valence-electron chi connectivity index (χ0n) is 21.1. The molecule has 1 aliphatic heterocycles. The molecular weight excluding hydrogens is 609 g/mol. The second-order valence-electron chi connectivity index (χ2n) is 7.75. The number of anilines is 1. The van der Waals surface area contributed by atoms with Gasteiger partial charge in [-0.15, -0.1) is 0 Å². The number of nitrogens with two attached hydrogens (primary N) is 1. The van der Waals surface area contributed by atoms with Crippen molar-refractivity contribution < 1.29 is 70.8 Å². The average molecular weight is 640 g/mol. The summed E-state index contributed by atoms with van der Waals surface area (Å²) in [6.07, 6.45) is -3.69. The summed E-state index contributed by atoms with van der Waals surface area (Å²) in [5.74, 6) is 0.0426. The molecule has 2 aromatic heterocycles. The molecule has 0 radical (unpaired) electrons. The van der Waals surface area contributed by atoms with Crippen LogP contribution in [0.3, 0.4) is 0 Å². The van der Waals surface area contributed by atoms with Crippen molar-refractivity contribution in [1.82, 2.24) is 24.8 Å². The largest absolute Gasteiger partial charge is 0.490 e. The number of fused-ring (bicyclic) bond motifs is 1. The fraction of sp³-hybridized carbons (Fsp3) is 0.688. The van der Waals surface area contributed by atoms with Gasteiger partial charge in [-0.25, -0.2) is 28.6 Å². The lowest BCUT2D eigenvalue weighted by Gasteiger charge is -2.19. The van der Waals surface area contributed by atoms with E-state index in [1.54, 1.807) is 14.2 Å². The fourth-order valence-corrected chi connectivity index (χ4v) is 6.13. The van der Waals surface area contributed by atoms with Crippen molar-refractivity contribution in [3.8, 4) is 0 Å². The molecule has 1 saturated heterocycles. The van der Waals surface area contributed by atoms with Gasteiger partial charge in [-0.3, -0.25) is 9.09 Å². The summed E-state index contributed by atoms with van der Waals surface area (Å²) in [6, 6.07) is 0. The highest BCUT2D eigenvalue weighted by atomic mass is 31.3. The summed E-state index contributed by atoms with van der Waals surface area (Å²) < 4.78 is 61.5. The minimum absolute atomic E-state index is 0.0426. The molecule has 21 nitrogen and oxygen atoms in total. The summed E-state index contributed by atoms with van der Waals surface area (Å²) in [5.41, 5.74) is 6.00. The number of phosphoric ester groups is 1. The lowest BCUT2D eigenvalue weighted by molar-refractivity contribution is -0.0503. The van der Waals surface area contributed by atoms with E-state index < -0.39 is 54.6 Å². The third kappa shape index (κ3) is 10.7. The molecule has 3 heterocycles. The number of methoxy groups -OCH3 is 2. The average Bonchev–Trinajstić information content (AvgIpc) is 3.38. The van der Waals surface area contributed by atoms with E-state index in [0.29, 0.717) is 0 Å². The van der Waals surface area contributed by atoms with Gasteiger partial charge in [-0.05, 0) is 0 Å². The molecule has 230 valence electrons. The van der Waals surface area contributed by atoms with Crippen LogP contribution in [0.4, 0.5) is 5.82 Å². The quantitative estimate of drug-likeness (QED) is 0.0837. The van der Waals surface area contributed by atoms with E-state index in [1.807, 2.05) is 0 Å². The molecule has 1 fully saturated rings. The van der Waals surface area contributed by atoms with Crippen LogP contribution in [-0.2, 0) is 41.1 Å². The van der Waals surface area contributed by atoms with Gasteiger partial charge >= 0.3 is 23.5 Å². The van der Waals surface area contributed by atoms with E-state index in [1.165, 1.54) is 10.9 Å². The van der Waals surface area contributed by atoms with Gasteiger partial charge in [-0.1, -0.05) is 0 Å². The second-order valence-corrected chi connectivity index (χ2v) is 12.2. The third-order valence-electron chi connectivity index (χ3n) is 4.78. The van der Waals surface area contributed by atoms with E-state index >= 15 is 0 Å². The Labute approximate surface area is 226 Å². The normalized spacial score (nSPS) is 24.3. The molecular formula is C16H31N6O15P3. The Balaban J connectivity index is 0.000000536. The number of imidazole rings is 1. The van der Waals surface area contributed by atoms with Crippen molar-refractivity contribution in [3.05, 3.63) is 12.7 Å². The maximum Gasteiger partial charge on any atom is 0.490 e. The molecule has 4 unspecified atom stereocenters. The van der Waals surface area contributed by atoms with Crippen LogP contribution >= 0.6 is 23.5 Å². The number of nitrogens with one attached hydrogen (secondary N) is 1. The first-order valence-electron chi connectivity index (χ1n) is 11.0. The molecule has 0 amide bonds. The Morgan fingerprint density at radius 1 is 0.975 bits per heavy atom. The van der Waals surface area contributed by atoms with E-state index in [9.17, 15) is 28.8 Å². The third-order valence-corrected chi connectivity index (χ3v) is 8.58. The van der Waals surface area contributed by atoms with E-state index in [0.717, 1.165) is 32.6 Å². The van der Waals surface area contributed by atoms with Gasteiger partial charge in [0.2, 0.25) is 0 Å². The summed E-state index contributed by atoms with van der Waals surface area (Å²) in [5, 5.41) is 23.5. The Morgan fingerprint density at radius 2 is 1.60 bits per heavy atom. The maximum atomic E-state index is 11.8. The minimum atomic E-state index is -5.70. The van der Waals surface area contributed by atoms with Gasteiger partial charge in [0.25, 0.3) is 0 Å². The number of aliphatic hydroxyl groups is 2. The minimum Gasteiger partial charge on any atom is -0.387 e. The van der Waals surface area contributed by atoms with Crippen LogP contribution in [0.15, 0.2) is 12.7 Å². The molecule has 6 atom stereocenters. The van der Waals surface area contributed by atoms with Crippen molar-refractivity contribution >= 4 is 40.4 Å². The molecule has 40 heavy (non-hydrogen) atoms. The van der Waals surface area contributed by atoms with Crippen molar-refractivity contribution in [2.75, 3.05) is 52.9 Å². The SMILES string of the molecule is COCCNCCOC.Nc1ncnc2c1ncn2[C@@H]1O[C@H](COP(=O)(O)OP(=O)(O)OP(=O)(O)O)C(O)C1O. The van der Waals surface area contributed by atoms with Crippen molar-refractivity contribution in [3.63, 3.8) is 0 Å². The molecule has 0 bridgehead atoms. The number of aromatic nitrogens is 4. The monoisotopic (exact) mass is 640 g/mol. The smallest absolute Gasteiger partial charge is 0.387 e. The van der Waals surface area contributed by atoms with Crippen LogP contribution in [0.25, 0.3) is 11.2 Å². The number of rotatable bonds is 14. The first-order valence-corrected chi connectivity index (χ1v) is 15.5. The van der Waals surface area contributed by atoms with Crippen molar-refractivity contribution in [1.29, 1.82) is 0 Å². The fourth-order valence-electron chi connectivity index (χ4n) is 3.10. The van der Waals surface area contributed by atoms with Gasteiger partial charge in [0.05, 0.1) is 26.1 Å². The van der Waals surface area contributed by atoms with Gasteiger partial charge in [0, 0.05) is 27.3 Å². The van der Waals surface area contributed by atoms with Crippen LogP contribution in [0.1, 0.15) is 6.23 Å². The van der Waals surface area contributed by atoms with E-state index in [-0.39, 0.29) is 17.0 Å². The number of aliphatic hydroxyl groups excluding tert-OH is 2. The summed E-state index contributed by atoms with van der Waals surface area (Å²) in [7, 11) is -13.3. The highest BCUT2D eigenvalue weighted by Gasteiger charge is 2.47. The van der Waals surface area contributed by atoms with Crippen LogP contribution in [0, 0.1) is 0 Å². The molecule has 3 rings (SSSR count). The number of nitrogens with zero attached hydrogens (tertiary/aromatic N) is 4. The lowest BCUT2D eigenvalue weighted by Crippen LogP contribution is -2.33. The Kier molecular flexibility index (Phi) is 13.1. The van der Waals surface area contributed by atoms with Gasteiger partial charge in [0.15, 0.2) is 17.7 Å². The topological polar surface area (TPSA) is 310 Å². The van der Waals surface area contributed by atoms with E-state index in [2.05, 4.69) is 33.4 Å². The zero-order chi connectivity index (χ0) is 30.1. The zero-order valence-corrected chi connectivity index (χ0v) is 23.7. The van der Waals surface area contributed by atoms with E-state index in [4.69, 9.17) is 34.6 Å². The molecule has 0 aromatic carbocycles. The summed E-state index contributed by atoms with van der Waals surface area (Å²) in [4.78, 5) is 47.2. The molecule has 2 aromatic rings. The Hall–Kier alpha value is -1.48. The van der Waals surface area contributed by atoms with Gasteiger partial charge in [0.1, 0.15) is 30.2 Å². The highest BCUT2D eigenvalue weighted by molar-refractivity contribution is 7.66. The Bertz CT molecular complexity index is 1220. The standard InChI is InChI=1S/C10H16N5O13P3.C6H15NO2/c11-8-5-9(13-2-12-8)15(3-14-5)10-7(17)6(16)4(26-10)1-25-30(21,22)28-31(23,24)27-29(18,19)20;1-8-5-3-7-4-6-9-2/h2-4,6-7,10,16-17H,1H2,(H,21,22)(H,23,24)(H2,11,12,13)(H2,18,19,20);7H,3-6H2,1-2H3/t4-,6?,7?,10-;/m1./s1. The number of ether oxygens (including phenoxy) is 3. The van der Waals surface area contributed by atoms with Gasteiger partial charge < -0.3 is 55.0 Å². The van der Waals surface area contributed by atoms with Crippen LogP contribution < -0.4 is 11.1 Å². The number of hydrogen-bond donors (Lipinski definition) is 8. The van der Waals surface area contributed by atoms with Crippen LogP contribution in [0.2, 0.25) is 0 Å². The first kappa shape index (κ1) is 34.7. The number of phosphoric acid groups is 3. The molecule has 24 heteroatoms. The molecule has 1 aliphatic rings. The van der Waals surface area contributed by atoms with Gasteiger partial charge in [-0.2, -0.15) is 8.62 Å². The predicted octanol–water partition coefficient (Wildman–Crippen LogP) is -1.76. The predicted molar refractivity (Wildman–Crippen MR) is 132 cm³/mol. The number of hydrogen-bond acceptors (Lipinski definition) is 16. The first-order chi connectivity index (χ1) is 18.6. The molecule has 9 N–H and O–H groups in total.